The van der Waals surface area contributed by atoms with Gasteiger partial charge in [-0.05, 0) is 38.2 Å². The molecule has 0 amide bonds. The van der Waals surface area contributed by atoms with Crippen LogP contribution < -0.4 is 10.6 Å². The summed E-state index contributed by atoms with van der Waals surface area (Å²) in [6.45, 7) is 9.71. The molecule has 2 aromatic rings. The predicted octanol–water partition coefficient (Wildman–Crippen LogP) is 3.79. The number of nitrogens with one attached hydrogen (secondary N) is 2. The van der Waals surface area contributed by atoms with Crippen LogP contribution in [-0.4, -0.2) is 33.8 Å². The van der Waals surface area contributed by atoms with E-state index in [-0.39, 0.29) is 24.0 Å². The number of benzene rings is 1. The Morgan fingerprint density at radius 2 is 2.07 bits per heavy atom. The number of aryl methyl sites for hydroxylation is 2. The Balaban J connectivity index is 0.00000280. The molecule has 1 atom stereocenters. The highest BCUT2D eigenvalue weighted by Crippen LogP contribution is 2.16. The molecule has 0 aliphatic carbocycles. The van der Waals surface area contributed by atoms with Gasteiger partial charge in [0, 0.05) is 26.1 Å². The molecule has 1 aliphatic rings. The second-order valence-corrected chi connectivity index (χ2v) is 7.39. The number of guanidine groups is 1. The Labute approximate surface area is 185 Å². The van der Waals surface area contributed by atoms with Crippen LogP contribution in [0.1, 0.15) is 61.8 Å². The largest absolute Gasteiger partial charge is 0.357 e. The topological polar surface area (TPSA) is 67.1 Å². The molecule has 1 aromatic carbocycles. The molecule has 28 heavy (non-hydrogen) atoms. The summed E-state index contributed by atoms with van der Waals surface area (Å²) in [6.07, 6.45) is 4.71. The summed E-state index contributed by atoms with van der Waals surface area (Å²) in [5.41, 5.74) is 2.65. The van der Waals surface area contributed by atoms with E-state index in [2.05, 4.69) is 70.4 Å². The van der Waals surface area contributed by atoms with Crippen LogP contribution in [0.4, 0.5) is 0 Å². The Morgan fingerprint density at radius 1 is 1.21 bits per heavy atom. The Kier molecular flexibility index (Phi) is 9.21. The SMILES string of the molecule is CCNC(=NCc1nnc2n1CCCCC2)NCC(C)c1cccc(C)c1.I. The highest BCUT2D eigenvalue weighted by molar-refractivity contribution is 14.0. The summed E-state index contributed by atoms with van der Waals surface area (Å²) in [4.78, 5) is 4.75. The number of halogens is 1. The van der Waals surface area contributed by atoms with Gasteiger partial charge in [0.15, 0.2) is 11.8 Å². The molecule has 2 heterocycles. The molecular formula is C21H33IN6. The molecule has 1 aromatic heterocycles. The summed E-state index contributed by atoms with van der Waals surface area (Å²) < 4.78 is 2.26. The van der Waals surface area contributed by atoms with E-state index in [0.717, 1.165) is 43.7 Å². The van der Waals surface area contributed by atoms with Crippen LogP contribution in [0.25, 0.3) is 0 Å². The van der Waals surface area contributed by atoms with Crippen molar-refractivity contribution in [3.8, 4) is 0 Å². The van der Waals surface area contributed by atoms with Crippen LogP contribution in [0.3, 0.4) is 0 Å². The molecule has 0 saturated carbocycles. The first-order valence-corrected chi connectivity index (χ1v) is 10.2. The van der Waals surface area contributed by atoms with Gasteiger partial charge in [0.25, 0.3) is 0 Å². The lowest BCUT2D eigenvalue weighted by atomic mass is 9.99. The molecule has 7 heteroatoms. The maximum absolute atomic E-state index is 4.75. The van der Waals surface area contributed by atoms with Gasteiger partial charge in [-0.1, -0.05) is 43.2 Å². The van der Waals surface area contributed by atoms with Crippen LogP contribution in [0.15, 0.2) is 29.3 Å². The molecule has 1 aliphatic heterocycles. The average Bonchev–Trinajstić information content (AvgIpc) is 2.90. The van der Waals surface area contributed by atoms with Crippen LogP contribution >= 0.6 is 24.0 Å². The Bertz CT molecular complexity index is 770. The maximum atomic E-state index is 4.75. The van der Waals surface area contributed by atoms with Crippen molar-refractivity contribution in [3.63, 3.8) is 0 Å². The maximum Gasteiger partial charge on any atom is 0.191 e. The lowest BCUT2D eigenvalue weighted by Gasteiger charge is -2.16. The minimum atomic E-state index is 0. The molecule has 0 fully saturated rings. The smallest absolute Gasteiger partial charge is 0.191 e. The molecule has 154 valence electrons. The zero-order chi connectivity index (χ0) is 19.1. The van der Waals surface area contributed by atoms with Gasteiger partial charge in [0.1, 0.15) is 12.4 Å². The van der Waals surface area contributed by atoms with Crippen molar-refractivity contribution in [2.75, 3.05) is 13.1 Å². The van der Waals surface area contributed by atoms with Gasteiger partial charge in [0.05, 0.1) is 0 Å². The fourth-order valence-electron chi connectivity index (χ4n) is 3.50. The summed E-state index contributed by atoms with van der Waals surface area (Å²) in [5, 5.41) is 15.6. The van der Waals surface area contributed by atoms with Gasteiger partial charge in [0.2, 0.25) is 0 Å². The zero-order valence-electron chi connectivity index (χ0n) is 17.2. The second-order valence-electron chi connectivity index (χ2n) is 7.39. The molecule has 3 rings (SSSR count). The van der Waals surface area contributed by atoms with E-state index >= 15 is 0 Å². The van der Waals surface area contributed by atoms with E-state index in [1.54, 1.807) is 0 Å². The van der Waals surface area contributed by atoms with Crippen molar-refractivity contribution in [3.05, 3.63) is 47.0 Å². The third-order valence-corrected chi connectivity index (χ3v) is 5.10. The molecule has 0 radical (unpaired) electrons. The minimum Gasteiger partial charge on any atom is -0.357 e. The van der Waals surface area contributed by atoms with Gasteiger partial charge >= 0.3 is 0 Å². The molecule has 0 bridgehead atoms. The van der Waals surface area contributed by atoms with Gasteiger partial charge in [-0.2, -0.15) is 0 Å². The number of fused-ring (bicyclic) bond motifs is 1. The molecule has 0 spiro atoms. The predicted molar refractivity (Wildman–Crippen MR) is 125 cm³/mol. The summed E-state index contributed by atoms with van der Waals surface area (Å²) in [7, 11) is 0. The van der Waals surface area contributed by atoms with Crippen LogP contribution in [0.5, 0.6) is 0 Å². The molecule has 1 unspecified atom stereocenters. The molecule has 0 saturated heterocycles. The quantitative estimate of drug-likeness (QED) is 0.363. The number of hydrogen-bond donors (Lipinski definition) is 2. The number of nitrogens with zero attached hydrogens (tertiary/aromatic N) is 4. The summed E-state index contributed by atoms with van der Waals surface area (Å²) in [6, 6.07) is 8.70. The van der Waals surface area contributed by atoms with Crippen molar-refractivity contribution >= 4 is 29.9 Å². The molecular weight excluding hydrogens is 463 g/mol. The first kappa shape index (κ1) is 22.6. The van der Waals surface area contributed by atoms with Crippen molar-refractivity contribution < 1.29 is 0 Å². The first-order chi connectivity index (χ1) is 13.2. The fraction of sp³-hybridized carbons (Fsp3) is 0.571. The average molecular weight is 496 g/mol. The highest BCUT2D eigenvalue weighted by Gasteiger charge is 2.14. The third kappa shape index (κ3) is 6.18. The van der Waals surface area contributed by atoms with Gasteiger partial charge < -0.3 is 15.2 Å². The van der Waals surface area contributed by atoms with Crippen molar-refractivity contribution in [2.24, 2.45) is 4.99 Å². The van der Waals surface area contributed by atoms with Crippen molar-refractivity contribution in [2.45, 2.75) is 65.5 Å². The zero-order valence-corrected chi connectivity index (χ0v) is 19.6. The van der Waals surface area contributed by atoms with Crippen molar-refractivity contribution in [1.82, 2.24) is 25.4 Å². The van der Waals surface area contributed by atoms with Crippen LogP contribution in [0.2, 0.25) is 0 Å². The highest BCUT2D eigenvalue weighted by atomic mass is 127. The van der Waals surface area contributed by atoms with Crippen molar-refractivity contribution in [1.29, 1.82) is 0 Å². The van der Waals surface area contributed by atoms with E-state index in [1.807, 2.05) is 0 Å². The monoisotopic (exact) mass is 496 g/mol. The van der Waals surface area contributed by atoms with E-state index in [4.69, 9.17) is 4.99 Å². The lowest BCUT2D eigenvalue weighted by molar-refractivity contribution is 0.605. The number of aliphatic imine (C=N–C) groups is 1. The van der Waals surface area contributed by atoms with E-state index < -0.39 is 0 Å². The standard InChI is InChI=1S/C21H32N6.HI/c1-4-22-21(23-14-17(3)18-10-8-9-16(2)13-18)24-15-20-26-25-19-11-6-5-7-12-27(19)20;/h8-10,13,17H,4-7,11-12,14-15H2,1-3H3,(H2,22,23,24);1H. The lowest BCUT2D eigenvalue weighted by Crippen LogP contribution is -2.39. The molecule has 2 N–H and O–H groups in total. The summed E-state index contributed by atoms with van der Waals surface area (Å²) in [5.74, 6) is 3.33. The Morgan fingerprint density at radius 3 is 2.86 bits per heavy atom. The first-order valence-electron chi connectivity index (χ1n) is 10.2. The number of hydrogen-bond acceptors (Lipinski definition) is 3. The fourth-order valence-corrected chi connectivity index (χ4v) is 3.50. The van der Waals surface area contributed by atoms with Gasteiger partial charge in [-0.3, -0.25) is 0 Å². The minimum absolute atomic E-state index is 0. The van der Waals surface area contributed by atoms with Crippen LogP contribution in [-0.2, 0) is 19.5 Å². The Hall–Kier alpha value is -1.64. The van der Waals surface area contributed by atoms with E-state index in [0.29, 0.717) is 12.5 Å². The normalized spacial score (nSPS) is 15.2. The number of aromatic nitrogens is 3. The van der Waals surface area contributed by atoms with E-state index in [9.17, 15) is 0 Å². The van der Waals surface area contributed by atoms with E-state index in [1.165, 1.54) is 30.4 Å². The third-order valence-electron chi connectivity index (χ3n) is 5.10. The van der Waals surface area contributed by atoms with Crippen LogP contribution in [0, 0.1) is 6.92 Å². The summed E-state index contributed by atoms with van der Waals surface area (Å²) >= 11 is 0. The number of rotatable bonds is 6. The second kappa shape index (κ2) is 11.4. The van der Waals surface area contributed by atoms with Gasteiger partial charge in [-0.25, -0.2) is 4.99 Å². The molecule has 6 nitrogen and oxygen atoms in total. The van der Waals surface area contributed by atoms with Gasteiger partial charge in [-0.15, -0.1) is 34.2 Å².